The molecule has 3 rings (SSSR count). The van der Waals surface area contributed by atoms with Crippen LogP contribution in [0.3, 0.4) is 0 Å². The van der Waals surface area contributed by atoms with Crippen LogP contribution in [0, 0.1) is 5.82 Å². The van der Waals surface area contributed by atoms with Gasteiger partial charge in [0, 0.05) is 5.02 Å². The molecule has 0 unspecified atom stereocenters. The Morgan fingerprint density at radius 2 is 2.08 bits per heavy atom. The van der Waals surface area contributed by atoms with Gasteiger partial charge in [-0.1, -0.05) is 41.6 Å². The second kappa shape index (κ2) is 8.29. The van der Waals surface area contributed by atoms with Crippen molar-refractivity contribution in [1.82, 2.24) is 25.5 Å². The van der Waals surface area contributed by atoms with Crippen molar-refractivity contribution in [2.45, 2.75) is 18.1 Å². The average molecular weight is 392 g/mol. The first-order valence-electron chi connectivity index (χ1n) is 7.75. The maximum Gasteiger partial charge on any atom is 0.230 e. The van der Waals surface area contributed by atoms with Crippen molar-refractivity contribution in [3.63, 3.8) is 0 Å². The van der Waals surface area contributed by atoms with Gasteiger partial charge in [0.2, 0.25) is 11.1 Å². The second-order valence-corrected chi connectivity index (χ2v) is 6.86. The highest BCUT2D eigenvalue weighted by Gasteiger charge is 2.14. The quantitative estimate of drug-likeness (QED) is 0.652. The molecule has 3 aromatic rings. The predicted octanol–water partition coefficient (Wildman–Crippen LogP) is 3.42. The molecule has 6 nitrogen and oxygen atoms in total. The van der Waals surface area contributed by atoms with E-state index in [1.165, 1.54) is 28.6 Å². The van der Waals surface area contributed by atoms with Crippen LogP contribution in [0.15, 0.2) is 53.7 Å². The minimum absolute atomic E-state index is 0.133. The third-order valence-corrected chi connectivity index (χ3v) is 4.74. The van der Waals surface area contributed by atoms with Gasteiger partial charge < -0.3 is 5.32 Å². The van der Waals surface area contributed by atoms with Crippen molar-refractivity contribution in [1.29, 1.82) is 0 Å². The number of halogens is 2. The normalized spacial score (nSPS) is 12.0. The van der Waals surface area contributed by atoms with Crippen LogP contribution in [-0.2, 0) is 4.79 Å². The van der Waals surface area contributed by atoms with Crippen LogP contribution in [-0.4, -0.2) is 31.9 Å². The average Bonchev–Trinajstić information content (AvgIpc) is 3.09. The molecule has 0 radical (unpaired) electrons. The molecule has 0 aliphatic rings. The molecule has 0 aliphatic carbocycles. The van der Waals surface area contributed by atoms with Crippen molar-refractivity contribution >= 4 is 29.3 Å². The molecular weight excluding hydrogens is 377 g/mol. The van der Waals surface area contributed by atoms with Gasteiger partial charge >= 0.3 is 0 Å². The van der Waals surface area contributed by atoms with Crippen molar-refractivity contribution in [2.75, 3.05) is 5.75 Å². The zero-order valence-corrected chi connectivity index (χ0v) is 15.3. The molecule has 0 aliphatic heterocycles. The number of thioether (sulfide) groups is 1. The topological polar surface area (TPSA) is 72.7 Å². The molecule has 1 heterocycles. The summed E-state index contributed by atoms with van der Waals surface area (Å²) in [4.78, 5) is 12.2. The second-order valence-electron chi connectivity index (χ2n) is 5.48. The molecule has 9 heteroatoms. The smallest absolute Gasteiger partial charge is 0.230 e. The number of amides is 1. The lowest BCUT2D eigenvalue weighted by molar-refractivity contribution is -0.119. The van der Waals surface area contributed by atoms with Crippen LogP contribution in [0.4, 0.5) is 4.39 Å². The molecule has 0 saturated heterocycles. The Balaban J connectivity index is 1.60. The zero-order valence-electron chi connectivity index (χ0n) is 13.8. The molecule has 1 aromatic heterocycles. The van der Waals surface area contributed by atoms with Gasteiger partial charge in [-0.25, -0.2) is 4.39 Å². The molecule has 1 N–H and O–H groups in total. The summed E-state index contributed by atoms with van der Waals surface area (Å²) in [5.74, 6) is -0.414. The molecule has 2 aromatic carbocycles. The van der Waals surface area contributed by atoms with Gasteiger partial charge in [0.1, 0.15) is 5.82 Å². The van der Waals surface area contributed by atoms with Crippen molar-refractivity contribution in [3.8, 4) is 5.69 Å². The van der Waals surface area contributed by atoms with E-state index < -0.39 is 0 Å². The van der Waals surface area contributed by atoms with Crippen LogP contribution >= 0.6 is 23.4 Å². The minimum Gasteiger partial charge on any atom is -0.349 e. The SMILES string of the molecule is C[C@H](NC(=O)CSc1nnnn1-c1cccc(F)c1)c1ccc(Cl)cc1. The molecular formula is C17H15ClFN5OS. The third-order valence-electron chi connectivity index (χ3n) is 3.57. The number of hydrogen-bond acceptors (Lipinski definition) is 5. The molecule has 0 fully saturated rings. The molecule has 1 atom stereocenters. The highest BCUT2D eigenvalue weighted by atomic mass is 35.5. The first kappa shape index (κ1) is 18.3. The number of hydrogen-bond donors (Lipinski definition) is 1. The van der Waals surface area contributed by atoms with E-state index in [4.69, 9.17) is 11.6 Å². The summed E-state index contributed by atoms with van der Waals surface area (Å²) in [6, 6.07) is 13.1. The Kier molecular flexibility index (Phi) is 5.85. The number of nitrogens with zero attached hydrogens (tertiary/aromatic N) is 4. The molecule has 0 bridgehead atoms. The number of rotatable bonds is 6. The van der Waals surface area contributed by atoms with Gasteiger partial charge in [-0.05, 0) is 53.2 Å². The summed E-state index contributed by atoms with van der Waals surface area (Å²) in [5, 5.41) is 15.3. The largest absolute Gasteiger partial charge is 0.349 e. The number of carbonyl (C=O) groups is 1. The Morgan fingerprint density at radius 3 is 2.81 bits per heavy atom. The third kappa shape index (κ3) is 4.59. The highest BCUT2D eigenvalue weighted by Crippen LogP contribution is 2.20. The Hall–Kier alpha value is -2.45. The van der Waals surface area contributed by atoms with E-state index in [-0.39, 0.29) is 23.5 Å². The van der Waals surface area contributed by atoms with Crippen molar-refractivity contribution in [3.05, 3.63) is 64.9 Å². The summed E-state index contributed by atoms with van der Waals surface area (Å²) in [6.07, 6.45) is 0. The summed E-state index contributed by atoms with van der Waals surface area (Å²) in [6.45, 7) is 1.89. The van der Waals surface area contributed by atoms with E-state index in [1.54, 1.807) is 24.3 Å². The van der Waals surface area contributed by atoms with E-state index >= 15 is 0 Å². The lowest BCUT2D eigenvalue weighted by atomic mass is 10.1. The Labute approximate surface area is 158 Å². The fraction of sp³-hybridized carbons (Fsp3) is 0.176. The fourth-order valence-electron chi connectivity index (χ4n) is 2.29. The summed E-state index contributed by atoms with van der Waals surface area (Å²) < 4.78 is 14.8. The van der Waals surface area contributed by atoms with Gasteiger partial charge in [0.15, 0.2) is 0 Å². The number of carbonyl (C=O) groups excluding carboxylic acids is 1. The Morgan fingerprint density at radius 1 is 1.31 bits per heavy atom. The maximum absolute atomic E-state index is 13.4. The zero-order chi connectivity index (χ0) is 18.5. The fourth-order valence-corrected chi connectivity index (χ4v) is 3.11. The van der Waals surface area contributed by atoms with Gasteiger partial charge in [-0.2, -0.15) is 4.68 Å². The molecule has 1 amide bonds. The van der Waals surface area contributed by atoms with Crippen LogP contribution in [0.1, 0.15) is 18.5 Å². The van der Waals surface area contributed by atoms with Crippen molar-refractivity contribution in [2.24, 2.45) is 0 Å². The number of aromatic nitrogens is 4. The number of benzene rings is 2. The van der Waals surface area contributed by atoms with E-state index in [9.17, 15) is 9.18 Å². The van der Waals surface area contributed by atoms with Crippen LogP contribution < -0.4 is 5.32 Å². The lowest BCUT2D eigenvalue weighted by Crippen LogP contribution is -2.28. The van der Waals surface area contributed by atoms with E-state index in [0.717, 1.165) is 5.56 Å². The van der Waals surface area contributed by atoms with Crippen LogP contribution in [0.2, 0.25) is 5.02 Å². The van der Waals surface area contributed by atoms with Gasteiger partial charge in [-0.15, -0.1) is 5.10 Å². The van der Waals surface area contributed by atoms with Gasteiger partial charge in [0.25, 0.3) is 0 Å². The molecule has 0 saturated carbocycles. The number of nitrogens with one attached hydrogen (secondary N) is 1. The first-order chi connectivity index (χ1) is 12.5. The van der Waals surface area contributed by atoms with Crippen molar-refractivity contribution < 1.29 is 9.18 Å². The summed E-state index contributed by atoms with van der Waals surface area (Å²) in [7, 11) is 0. The lowest BCUT2D eigenvalue weighted by Gasteiger charge is -2.14. The summed E-state index contributed by atoms with van der Waals surface area (Å²) in [5.41, 5.74) is 1.45. The molecule has 134 valence electrons. The summed E-state index contributed by atoms with van der Waals surface area (Å²) >= 11 is 7.04. The standard InChI is InChI=1S/C17H15ClFN5OS/c1-11(12-5-7-13(18)8-6-12)20-16(25)10-26-17-21-22-23-24(17)15-4-2-3-14(19)9-15/h2-9,11H,10H2,1H3,(H,20,25)/t11-/m0/s1. The molecule has 26 heavy (non-hydrogen) atoms. The number of tetrazole rings is 1. The van der Waals surface area contributed by atoms with E-state index in [0.29, 0.717) is 15.9 Å². The monoisotopic (exact) mass is 391 g/mol. The highest BCUT2D eigenvalue weighted by molar-refractivity contribution is 7.99. The van der Waals surface area contributed by atoms with Gasteiger partial charge in [0.05, 0.1) is 17.5 Å². The van der Waals surface area contributed by atoms with Gasteiger partial charge in [-0.3, -0.25) is 4.79 Å². The van der Waals surface area contributed by atoms with Crippen LogP contribution in [0.25, 0.3) is 5.69 Å². The minimum atomic E-state index is -0.386. The maximum atomic E-state index is 13.4. The van der Waals surface area contributed by atoms with Crippen LogP contribution in [0.5, 0.6) is 0 Å². The predicted molar refractivity (Wildman–Crippen MR) is 97.8 cm³/mol. The Bertz CT molecular complexity index is 902. The molecule has 0 spiro atoms. The van der Waals surface area contributed by atoms with E-state index in [1.807, 2.05) is 19.1 Å². The van der Waals surface area contributed by atoms with E-state index in [2.05, 4.69) is 20.8 Å². The first-order valence-corrected chi connectivity index (χ1v) is 9.11.